The number of nitrogens with zero attached hydrogens (tertiary/aromatic N) is 1. The molecule has 0 aliphatic heterocycles. The Labute approximate surface area is 128 Å². The molecule has 0 heterocycles. The zero-order valence-electron chi connectivity index (χ0n) is 11.0. The minimum absolute atomic E-state index is 0.0358. The van der Waals surface area contributed by atoms with Gasteiger partial charge in [-0.15, -0.1) is 0 Å². The smallest absolute Gasteiger partial charge is 0.335 e. The average Bonchev–Trinajstić information content (AvgIpc) is 2.42. The van der Waals surface area contributed by atoms with Crippen LogP contribution in [0.4, 0.5) is 17.1 Å². The molecule has 0 unspecified atom stereocenters. The number of benzene rings is 2. The molecule has 6 nitrogen and oxygen atoms in total. The van der Waals surface area contributed by atoms with Gasteiger partial charge in [0.25, 0.3) is 5.69 Å². The molecule has 0 fully saturated rings. The van der Waals surface area contributed by atoms with E-state index in [1.807, 2.05) is 0 Å². The van der Waals surface area contributed by atoms with E-state index >= 15 is 0 Å². The maximum absolute atomic E-state index is 10.9. The molecule has 0 spiro atoms. The van der Waals surface area contributed by atoms with Crippen LogP contribution < -0.4 is 5.32 Å². The van der Waals surface area contributed by atoms with Crippen LogP contribution in [-0.4, -0.2) is 16.0 Å². The second kappa shape index (κ2) is 5.92. The summed E-state index contributed by atoms with van der Waals surface area (Å²) in [4.78, 5) is 21.2. The summed E-state index contributed by atoms with van der Waals surface area (Å²) in [6, 6.07) is 9.32. The number of carboxylic acids is 1. The van der Waals surface area contributed by atoms with E-state index in [4.69, 9.17) is 5.11 Å². The first kappa shape index (κ1) is 15.0. The Morgan fingerprint density at radius 1 is 1.29 bits per heavy atom. The number of rotatable bonds is 4. The minimum atomic E-state index is -0.992. The number of anilines is 2. The third-order valence-corrected chi connectivity index (χ3v) is 3.55. The van der Waals surface area contributed by atoms with E-state index in [1.165, 1.54) is 18.2 Å². The van der Waals surface area contributed by atoms with Crippen molar-refractivity contribution in [3.63, 3.8) is 0 Å². The minimum Gasteiger partial charge on any atom is -0.478 e. The second-order valence-electron chi connectivity index (χ2n) is 4.38. The number of nitro groups is 1. The molecule has 0 radical (unpaired) electrons. The summed E-state index contributed by atoms with van der Waals surface area (Å²) in [5, 5.41) is 22.8. The van der Waals surface area contributed by atoms with Crippen LogP contribution in [0.3, 0.4) is 0 Å². The summed E-state index contributed by atoms with van der Waals surface area (Å²) in [6.45, 7) is 1.66. The summed E-state index contributed by atoms with van der Waals surface area (Å²) >= 11 is 3.28. The van der Waals surface area contributed by atoms with Crippen LogP contribution in [0.5, 0.6) is 0 Å². The Morgan fingerprint density at radius 2 is 1.90 bits per heavy atom. The molecule has 21 heavy (non-hydrogen) atoms. The number of carbonyl (C=O) groups is 1. The lowest BCUT2D eigenvalue weighted by atomic mass is 10.1. The van der Waals surface area contributed by atoms with Gasteiger partial charge in [-0.2, -0.15) is 0 Å². The number of aromatic carboxylic acids is 1. The van der Waals surface area contributed by atoms with Crippen LogP contribution in [0, 0.1) is 17.0 Å². The van der Waals surface area contributed by atoms with Crippen molar-refractivity contribution in [2.24, 2.45) is 0 Å². The number of hydrogen-bond donors (Lipinski definition) is 2. The zero-order valence-corrected chi connectivity index (χ0v) is 12.5. The van der Waals surface area contributed by atoms with Crippen LogP contribution in [-0.2, 0) is 0 Å². The average molecular weight is 351 g/mol. The monoisotopic (exact) mass is 350 g/mol. The molecular formula is C14H11BrN2O4. The van der Waals surface area contributed by atoms with Crippen molar-refractivity contribution in [1.82, 2.24) is 0 Å². The van der Waals surface area contributed by atoms with Gasteiger partial charge in [-0.05, 0) is 53.2 Å². The first-order chi connectivity index (χ1) is 9.88. The van der Waals surface area contributed by atoms with Gasteiger partial charge in [-0.1, -0.05) is 0 Å². The second-order valence-corrected chi connectivity index (χ2v) is 5.24. The van der Waals surface area contributed by atoms with Crippen molar-refractivity contribution in [1.29, 1.82) is 0 Å². The van der Waals surface area contributed by atoms with Crippen molar-refractivity contribution in [2.75, 3.05) is 5.32 Å². The molecule has 0 amide bonds. The van der Waals surface area contributed by atoms with Crippen molar-refractivity contribution in [3.05, 3.63) is 62.1 Å². The van der Waals surface area contributed by atoms with Gasteiger partial charge in [-0.3, -0.25) is 10.1 Å². The van der Waals surface area contributed by atoms with E-state index in [-0.39, 0.29) is 11.3 Å². The molecule has 2 N–H and O–H groups in total. The topological polar surface area (TPSA) is 92.5 Å². The summed E-state index contributed by atoms with van der Waals surface area (Å²) < 4.78 is 0.558. The lowest BCUT2D eigenvalue weighted by molar-refractivity contribution is -0.385. The lowest BCUT2D eigenvalue weighted by Crippen LogP contribution is -1.98. The molecule has 2 rings (SSSR count). The Kier molecular flexibility index (Phi) is 4.23. The van der Waals surface area contributed by atoms with Gasteiger partial charge < -0.3 is 10.4 Å². The van der Waals surface area contributed by atoms with Gasteiger partial charge in [-0.25, -0.2) is 4.79 Å². The number of nitro benzene ring substituents is 1. The van der Waals surface area contributed by atoms with Crippen molar-refractivity contribution in [2.45, 2.75) is 6.92 Å². The third-order valence-electron chi connectivity index (χ3n) is 2.89. The molecule has 2 aromatic carbocycles. The maximum Gasteiger partial charge on any atom is 0.335 e. The fourth-order valence-electron chi connectivity index (χ4n) is 1.82. The highest BCUT2D eigenvalue weighted by Gasteiger charge is 2.14. The molecule has 108 valence electrons. The summed E-state index contributed by atoms with van der Waals surface area (Å²) in [5.41, 5.74) is 2.12. The highest BCUT2D eigenvalue weighted by molar-refractivity contribution is 9.10. The highest BCUT2D eigenvalue weighted by Crippen LogP contribution is 2.32. The predicted octanol–water partition coefficient (Wildman–Crippen LogP) is 4.11. The van der Waals surface area contributed by atoms with Crippen molar-refractivity contribution >= 4 is 39.0 Å². The van der Waals surface area contributed by atoms with Crippen LogP contribution in [0.1, 0.15) is 15.9 Å². The fourth-order valence-corrected chi connectivity index (χ4v) is 2.25. The van der Waals surface area contributed by atoms with E-state index in [0.29, 0.717) is 21.4 Å². The van der Waals surface area contributed by atoms with Crippen LogP contribution >= 0.6 is 15.9 Å². The van der Waals surface area contributed by atoms with Gasteiger partial charge in [0.15, 0.2) is 0 Å². The summed E-state index contributed by atoms with van der Waals surface area (Å²) in [7, 11) is 0. The summed E-state index contributed by atoms with van der Waals surface area (Å²) in [6.07, 6.45) is 0. The highest BCUT2D eigenvalue weighted by atomic mass is 79.9. The molecule has 0 saturated carbocycles. The molecule has 0 aliphatic rings. The molecular weight excluding hydrogens is 340 g/mol. The third kappa shape index (κ3) is 3.38. The standard InChI is InChI=1S/C14H11BrN2O4/c1-8-6-12(11(15)7-13(8)17(20)21)16-10-4-2-9(3-5-10)14(18)19/h2-7,16H,1H3,(H,18,19). The first-order valence-corrected chi connectivity index (χ1v) is 6.72. The van der Waals surface area contributed by atoms with Gasteiger partial charge in [0.05, 0.1) is 16.2 Å². The van der Waals surface area contributed by atoms with E-state index < -0.39 is 10.9 Å². The van der Waals surface area contributed by atoms with E-state index in [0.717, 1.165) is 0 Å². The first-order valence-electron chi connectivity index (χ1n) is 5.93. The molecule has 0 bridgehead atoms. The Balaban J connectivity index is 2.29. The number of aryl methyl sites for hydroxylation is 1. The molecule has 0 aromatic heterocycles. The Hall–Kier alpha value is -2.41. The van der Waals surface area contributed by atoms with Crippen molar-refractivity contribution < 1.29 is 14.8 Å². The predicted molar refractivity (Wildman–Crippen MR) is 82.2 cm³/mol. The van der Waals surface area contributed by atoms with E-state index in [9.17, 15) is 14.9 Å². The largest absolute Gasteiger partial charge is 0.478 e. The fraction of sp³-hybridized carbons (Fsp3) is 0.0714. The number of halogens is 1. The molecule has 0 atom stereocenters. The van der Waals surface area contributed by atoms with E-state index in [1.54, 1.807) is 25.1 Å². The SMILES string of the molecule is Cc1cc(Nc2ccc(C(=O)O)cc2)c(Br)cc1[N+](=O)[O-]. The van der Waals surface area contributed by atoms with Gasteiger partial charge >= 0.3 is 5.97 Å². The van der Waals surface area contributed by atoms with Crippen LogP contribution in [0.2, 0.25) is 0 Å². The molecule has 2 aromatic rings. The van der Waals surface area contributed by atoms with Crippen LogP contribution in [0.15, 0.2) is 40.9 Å². The molecule has 0 aliphatic carbocycles. The van der Waals surface area contributed by atoms with Crippen LogP contribution in [0.25, 0.3) is 0 Å². The number of nitrogens with one attached hydrogen (secondary N) is 1. The zero-order chi connectivity index (χ0) is 15.6. The van der Waals surface area contributed by atoms with Crippen molar-refractivity contribution in [3.8, 4) is 0 Å². The summed E-state index contributed by atoms with van der Waals surface area (Å²) in [5.74, 6) is -0.992. The molecule has 7 heteroatoms. The molecule has 0 saturated heterocycles. The van der Waals surface area contributed by atoms with Gasteiger partial charge in [0, 0.05) is 21.8 Å². The quantitative estimate of drug-likeness (QED) is 0.639. The Morgan fingerprint density at radius 3 is 2.43 bits per heavy atom. The Bertz CT molecular complexity index is 714. The van der Waals surface area contributed by atoms with Gasteiger partial charge in [0.1, 0.15) is 0 Å². The normalized spacial score (nSPS) is 10.2. The van der Waals surface area contributed by atoms with Gasteiger partial charge in [0.2, 0.25) is 0 Å². The van der Waals surface area contributed by atoms with E-state index in [2.05, 4.69) is 21.2 Å². The lowest BCUT2D eigenvalue weighted by Gasteiger charge is -2.10. The number of hydrogen-bond acceptors (Lipinski definition) is 4. The maximum atomic E-state index is 10.9. The number of carboxylic acid groups (broad SMARTS) is 1.